The normalized spacial score (nSPS) is 15.0. The van der Waals surface area contributed by atoms with Gasteiger partial charge in [0, 0.05) is 27.2 Å². The van der Waals surface area contributed by atoms with Crippen molar-refractivity contribution in [1.29, 1.82) is 0 Å². The Labute approximate surface area is 178 Å². The second kappa shape index (κ2) is 7.80. The number of hydrogen-bond donors (Lipinski definition) is 0. The van der Waals surface area contributed by atoms with E-state index in [1.165, 1.54) is 0 Å². The van der Waals surface area contributed by atoms with Gasteiger partial charge in [0.05, 0.1) is 9.95 Å². The first-order valence-corrected chi connectivity index (χ1v) is 8.68. The molecule has 1 atom stereocenters. The summed E-state index contributed by atoms with van der Waals surface area (Å²) in [6, 6.07) is 2.25. The number of nitro benzene ring substituents is 1. The van der Waals surface area contributed by atoms with E-state index in [1.54, 1.807) is 0 Å². The van der Waals surface area contributed by atoms with Crippen LogP contribution in [0, 0.1) is 15.9 Å². The van der Waals surface area contributed by atoms with Crippen LogP contribution in [0.1, 0.15) is 5.56 Å². The molecule has 31 heavy (non-hydrogen) atoms. The molecule has 1 unspecified atom stereocenters. The predicted octanol–water partition coefficient (Wildman–Crippen LogP) is 7.74. The Morgan fingerprint density at radius 2 is 1.48 bits per heavy atom. The van der Waals surface area contributed by atoms with Crippen molar-refractivity contribution in [1.82, 2.24) is 0 Å². The topological polar surface area (TPSA) is 43.1 Å². The molecule has 170 valence electrons. The fourth-order valence-corrected chi connectivity index (χ4v) is 3.71. The zero-order chi connectivity index (χ0) is 24.2. The summed E-state index contributed by atoms with van der Waals surface area (Å²) in [5, 5.41) is 9.74. The molecule has 0 aliphatic rings. The minimum Gasteiger partial charge on any atom is -0.258 e. The SMILES string of the molecule is O=[N+]([O-])c1cccc(-c2c(Cl)cc(C(F)(C(F)(F)F)C(F)(F)C(F)(F)F)cc2Br)c1F. The van der Waals surface area contributed by atoms with Gasteiger partial charge in [-0.1, -0.05) is 39.7 Å². The first-order chi connectivity index (χ1) is 13.9. The van der Waals surface area contributed by atoms with Gasteiger partial charge in [0.1, 0.15) is 0 Å². The van der Waals surface area contributed by atoms with E-state index in [0.29, 0.717) is 0 Å². The second-order valence-electron chi connectivity index (χ2n) is 5.94. The molecule has 0 radical (unpaired) electrons. The van der Waals surface area contributed by atoms with Crippen molar-refractivity contribution in [2.75, 3.05) is 0 Å². The van der Waals surface area contributed by atoms with Crippen LogP contribution >= 0.6 is 27.5 Å². The predicted molar refractivity (Wildman–Crippen MR) is 91.0 cm³/mol. The summed E-state index contributed by atoms with van der Waals surface area (Å²) in [5.74, 6) is -8.47. The zero-order valence-corrected chi connectivity index (χ0v) is 16.5. The van der Waals surface area contributed by atoms with Crippen molar-refractivity contribution in [3.8, 4) is 11.1 Å². The van der Waals surface area contributed by atoms with Crippen LogP contribution in [0.4, 0.5) is 49.6 Å². The molecule has 0 aliphatic carbocycles. The van der Waals surface area contributed by atoms with Crippen LogP contribution in [-0.2, 0) is 5.67 Å². The number of alkyl halides is 9. The number of benzene rings is 2. The number of hydrogen-bond acceptors (Lipinski definition) is 2. The summed E-state index contributed by atoms with van der Waals surface area (Å²) in [6.45, 7) is 0. The highest BCUT2D eigenvalue weighted by molar-refractivity contribution is 9.10. The number of nitrogens with zero attached hydrogens (tertiary/aromatic N) is 1. The van der Waals surface area contributed by atoms with Crippen LogP contribution in [-0.4, -0.2) is 23.2 Å². The maximum Gasteiger partial charge on any atom is 0.457 e. The maximum absolute atomic E-state index is 14.6. The Kier molecular flexibility index (Phi) is 6.33. The van der Waals surface area contributed by atoms with Crippen LogP contribution in [0.25, 0.3) is 11.1 Å². The van der Waals surface area contributed by atoms with Crippen LogP contribution in [0.3, 0.4) is 0 Å². The van der Waals surface area contributed by atoms with E-state index in [4.69, 9.17) is 11.6 Å². The molecule has 0 saturated heterocycles. The summed E-state index contributed by atoms with van der Waals surface area (Å²) < 4.78 is 133. The molecule has 0 spiro atoms. The van der Waals surface area contributed by atoms with Gasteiger partial charge >= 0.3 is 29.6 Å². The third kappa shape index (κ3) is 3.95. The van der Waals surface area contributed by atoms with Gasteiger partial charge in [0.2, 0.25) is 5.82 Å². The van der Waals surface area contributed by atoms with Gasteiger partial charge in [0.25, 0.3) is 0 Å². The van der Waals surface area contributed by atoms with Crippen molar-refractivity contribution in [2.24, 2.45) is 0 Å². The van der Waals surface area contributed by atoms with E-state index < -0.39 is 66.6 Å². The lowest BCUT2D eigenvalue weighted by Crippen LogP contribution is -2.59. The van der Waals surface area contributed by atoms with Crippen LogP contribution in [0.5, 0.6) is 0 Å². The van der Waals surface area contributed by atoms with Crippen molar-refractivity contribution in [3.05, 3.63) is 61.3 Å². The lowest BCUT2D eigenvalue weighted by atomic mass is 9.86. The number of nitro groups is 1. The molecule has 2 rings (SSSR count). The van der Waals surface area contributed by atoms with E-state index in [2.05, 4.69) is 15.9 Å². The quantitative estimate of drug-likeness (QED) is 0.223. The summed E-state index contributed by atoms with van der Waals surface area (Å²) in [6.07, 6.45) is -13.7. The van der Waals surface area contributed by atoms with E-state index in [0.717, 1.165) is 18.2 Å². The maximum atomic E-state index is 14.6. The largest absolute Gasteiger partial charge is 0.457 e. The molecule has 0 bridgehead atoms. The molecule has 0 heterocycles. The Bertz CT molecular complexity index is 1020. The minimum absolute atomic E-state index is 0.0906. The highest BCUT2D eigenvalue weighted by atomic mass is 79.9. The lowest BCUT2D eigenvalue weighted by molar-refractivity contribution is -0.389. The molecule has 15 heteroatoms. The lowest BCUT2D eigenvalue weighted by Gasteiger charge is -2.36. The van der Waals surface area contributed by atoms with E-state index >= 15 is 0 Å². The van der Waals surface area contributed by atoms with Gasteiger partial charge in [-0.3, -0.25) is 10.1 Å². The Morgan fingerprint density at radius 3 is 1.90 bits per heavy atom. The van der Waals surface area contributed by atoms with Crippen molar-refractivity contribution in [2.45, 2.75) is 23.9 Å². The third-order valence-corrected chi connectivity index (χ3v) is 4.99. The summed E-state index contributed by atoms with van der Waals surface area (Å²) >= 11 is 8.19. The van der Waals surface area contributed by atoms with E-state index in [-0.39, 0.29) is 12.1 Å². The third-order valence-electron chi connectivity index (χ3n) is 4.06. The van der Waals surface area contributed by atoms with Gasteiger partial charge in [-0.25, -0.2) is 4.39 Å². The van der Waals surface area contributed by atoms with Crippen molar-refractivity contribution >= 4 is 33.2 Å². The molecule has 2 aromatic carbocycles. The van der Waals surface area contributed by atoms with Crippen molar-refractivity contribution in [3.63, 3.8) is 0 Å². The smallest absolute Gasteiger partial charge is 0.258 e. The van der Waals surface area contributed by atoms with Gasteiger partial charge in [-0.05, 0) is 12.1 Å². The van der Waals surface area contributed by atoms with E-state index in [1.807, 2.05) is 0 Å². The molecule has 0 fully saturated rings. The minimum atomic E-state index is -6.94. The summed E-state index contributed by atoms with van der Waals surface area (Å²) in [4.78, 5) is 9.67. The molecule has 0 amide bonds. The first kappa shape index (κ1) is 25.2. The van der Waals surface area contributed by atoms with Crippen LogP contribution < -0.4 is 0 Å². The Balaban J connectivity index is 2.84. The first-order valence-electron chi connectivity index (χ1n) is 7.51. The van der Waals surface area contributed by atoms with Crippen LogP contribution in [0.15, 0.2) is 34.8 Å². The van der Waals surface area contributed by atoms with Gasteiger partial charge < -0.3 is 0 Å². The fourth-order valence-electron chi connectivity index (χ4n) is 2.60. The monoisotopic (exact) mass is 547 g/mol. The molecule has 0 aliphatic heterocycles. The second-order valence-corrected chi connectivity index (χ2v) is 7.20. The zero-order valence-electron chi connectivity index (χ0n) is 14.2. The summed E-state index contributed by atoms with van der Waals surface area (Å²) in [5.41, 5.74) is -10.9. The average molecular weight is 549 g/mol. The molecule has 0 saturated carbocycles. The number of rotatable bonds is 4. The average Bonchev–Trinajstić information content (AvgIpc) is 2.59. The van der Waals surface area contributed by atoms with E-state index in [9.17, 15) is 54.0 Å². The number of halogens is 12. The van der Waals surface area contributed by atoms with Gasteiger partial charge in [0.15, 0.2) is 0 Å². The van der Waals surface area contributed by atoms with Gasteiger partial charge in [-0.15, -0.1) is 0 Å². The molecular formula is C16H5BrClF10NO2. The molecule has 0 N–H and O–H groups in total. The van der Waals surface area contributed by atoms with Gasteiger partial charge in [-0.2, -0.15) is 39.5 Å². The molecule has 2 aromatic rings. The highest BCUT2D eigenvalue weighted by Gasteiger charge is 2.81. The standard InChI is InChI=1S/C16H5BrClF10NO2/c17-8-4-6(13(20,15(23,24)25)14(21,22)16(26,27)28)5-9(18)11(8)7-2-1-3-10(12(7)19)29(30)31/h1-5H. The highest BCUT2D eigenvalue weighted by Crippen LogP contribution is 2.59. The Hall–Kier alpha value is -2.09. The molecule has 3 nitrogen and oxygen atoms in total. The molecule has 0 aromatic heterocycles. The Morgan fingerprint density at radius 1 is 0.935 bits per heavy atom. The fraction of sp³-hybridized carbons (Fsp3) is 0.250. The van der Waals surface area contributed by atoms with Crippen molar-refractivity contribution < 1.29 is 48.8 Å². The van der Waals surface area contributed by atoms with Crippen LogP contribution in [0.2, 0.25) is 5.02 Å². The summed E-state index contributed by atoms with van der Waals surface area (Å²) in [7, 11) is 0. The molecular weight excluding hydrogens is 544 g/mol.